The number of nitrogens with one attached hydrogen (secondary N) is 1. The molecular formula is C30H30Cl2F2N6O3. The normalized spacial score (nSPS) is 16.5. The standard InChI is InChI=1S/C30H30Cl2F2N6O3/c31-20-8-6-18(15-23(41)36-19-10-12-42-13-11-19)26(24(20)34)40-27(17-7-9-22(33)21(32)14-17)25(29-38-39-30(35)43-29)37-28(40)16-4-2-1-3-5-16/h6-9,14,16,19H,1-5,10-13,15H2,(H2,35,39)(H,36,41). The lowest BCUT2D eigenvalue weighted by Crippen LogP contribution is -2.39. The van der Waals surface area contributed by atoms with Gasteiger partial charge >= 0.3 is 6.01 Å². The molecule has 2 aliphatic rings. The largest absolute Gasteiger partial charge is 0.402 e. The maximum Gasteiger partial charge on any atom is 0.313 e. The van der Waals surface area contributed by atoms with Crippen molar-refractivity contribution in [2.24, 2.45) is 0 Å². The minimum absolute atomic E-state index is 0.00463. The fourth-order valence-corrected chi connectivity index (χ4v) is 6.28. The summed E-state index contributed by atoms with van der Waals surface area (Å²) in [4.78, 5) is 18.2. The van der Waals surface area contributed by atoms with Crippen LogP contribution in [0.2, 0.25) is 10.0 Å². The summed E-state index contributed by atoms with van der Waals surface area (Å²) in [7, 11) is 0. The van der Waals surface area contributed by atoms with Gasteiger partial charge in [0.2, 0.25) is 5.91 Å². The number of benzene rings is 2. The Kier molecular flexibility index (Phi) is 8.65. The van der Waals surface area contributed by atoms with Crippen LogP contribution in [0.25, 0.3) is 28.5 Å². The Balaban J connectivity index is 1.58. The maximum atomic E-state index is 16.4. The summed E-state index contributed by atoms with van der Waals surface area (Å²) in [6.45, 7) is 1.14. The number of imidazole rings is 1. The minimum atomic E-state index is -0.724. The smallest absolute Gasteiger partial charge is 0.313 e. The molecule has 4 aromatic rings. The number of hydrogen-bond acceptors (Lipinski definition) is 7. The fraction of sp³-hybridized carbons (Fsp3) is 0.400. The molecule has 3 heterocycles. The summed E-state index contributed by atoms with van der Waals surface area (Å²) < 4.78 is 43.4. The van der Waals surface area contributed by atoms with E-state index >= 15 is 4.39 Å². The molecule has 0 bridgehead atoms. The number of nitrogens with zero attached hydrogens (tertiary/aromatic N) is 4. The van der Waals surface area contributed by atoms with Gasteiger partial charge in [0.15, 0.2) is 11.5 Å². The van der Waals surface area contributed by atoms with Gasteiger partial charge in [0.05, 0.1) is 27.8 Å². The molecule has 226 valence electrons. The van der Waals surface area contributed by atoms with E-state index in [1.54, 1.807) is 10.6 Å². The number of nitrogens with two attached hydrogens (primary N) is 1. The predicted molar refractivity (Wildman–Crippen MR) is 158 cm³/mol. The van der Waals surface area contributed by atoms with Crippen molar-refractivity contribution < 1.29 is 22.7 Å². The Labute approximate surface area is 256 Å². The van der Waals surface area contributed by atoms with Crippen LogP contribution in [0.5, 0.6) is 0 Å². The van der Waals surface area contributed by atoms with Crippen LogP contribution in [0, 0.1) is 11.6 Å². The lowest BCUT2D eigenvalue weighted by Gasteiger charge is -2.25. The Bertz CT molecular complexity index is 1650. The number of amides is 1. The first-order valence-corrected chi connectivity index (χ1v) is 15.1. The topological polar surface area (TPSA) is 121 Å². The third-order valence-corrected chi connectivity index (χ3v) is 8.61. The van der Waals surface area contributed by atoms with Gasteiger partial charge in [-0.3, -0.25) is 9.36 Å². The average molecular weight is 632 g/mol. The number of anilines is 1. The monoisotopic (exact) mass is 630 g/mol. The summed E-state index contributed by atoms with van der Waals surface area (Å²) >= 11 is 12.6. The van der Waals surface area contributed by atoms with Crippen LogP contribution < -0.4 is 11.1 Å². The summed E-state index contributed by atoms with van der Waals surface area (Å²) in [6.07, 6.45) is 5.93. The van der Waals surface area contributed by atoms with E-state index in [1.165, 1.54) is 24.3 Å². The SMILES string of the molecule is Nc1nnc(-c2nc(C3CCCCC3)n(-c3c(CC(=O)NC4CCOCC4)ccc(Cl)c3F)c2-c2ccc(F)c(Cl)c2)o1. The number of rotatable bonds is 7. The first kappa shape index (κ1) is 29.5. The molecule has 1 amide bonds. The molecule has 1 aliphatic heterocycles. The highest BCUT2D eigenvalue weighted by molar-refractivity contribution is 6.31. The van der Waals surface area contributed by atoms with Crippen LogP contribution >= 0.6 is 23.2 Å². The van der Waals surface area contributed by atoms with Gasteiger partial charge in [-0.25, -0.2) is 13.8 Å². The zero-order chi connectivity index (χ0) is 30.1. The lowest BCUT2D eigenvalue weighted by atomic mass is 9.88. The van der Waals surface area contributed by atoms with Crippen molar-refractivity contribution in [1.29, 1.82) is 0 Å². The molecule has 2 fully saturated rings. The van der Waals surface area contributed by atoms with Crippen molar-refractivity contribution in [2.45, 2.75) is 63.3 Å². The molecule has 43 heavy (non-hydrogen) atoms. The maximum absolute atomic E-state index is 16.4. The van der Waals surface area contributed by atoms with E-state index in [0.717, 1.165) is 32.1 Å². The summed E-state index contributed by atoms with van der Waals surface area (Å²) in [5, 5.41) is 10.6. The number of hydrogen-bond donors (Lipinski definition) is 2. The number of carbonyl (C=O) groups excluding carboxylic acids is 1. The van der Waals surface area contributed by atoms with E-state index in [0.29, 0.717) is 48.7 Å². The van der Waals surface area contributed by atoms with E-state index in [9.17, 15) is 9.18 Å². The van der Waals surface area contributed by atoms with Crippen LogP contribution in [0.3, 0.4) is 0 Å². The van der Waals surface area contributed by atoms with Crippen LogP contribution in [-0.4, -0.2) is 44.9 Å². The van der Waals surface area contributed by atoms with Gasteiger partial charge in [0, 0.05) is 30.7 Å². The van der Waals surface area contributed by atoms with Crippen LogP contribution in [0.4, 0.5) is 14.8 Å². The average Bonchev–Trinajstić information content (AvgIpc) is 3.61. The third kappa shape index (κ3) is 6.11. The molecule has 9 nitrogen and oxygen atoms in total. The number of nitrogen functional groups attached to an aromatic ring is 1. The van der Waals surface area contributed by atoms with E-state index in [2.05, 4.69) is 15.5 Å². The van der Waals surface area contributed by atoms with Crippen molar-refractivity contribution >= 4 is 35.1 Å². The number of halogens is 4. The Morgan fingerprint density at radius 2 is 1.79 bits per heavy atom. The van der Waals surface area contributed by atoms with Crippen molar-refractivity contribution in [1.82, 2.24) is 25.1 Å². The fourth-order valence-electron chi connectivity index (χ4n) is 5.95. The molecule has 0 radical (unpaired) electrons. The summed E-state index contributed by atoms with van der Waals surface area (Å²) in [5.41, 5.74) is 7.21. The second kappa shape index (κ2) is 12.6. The van der Waals surface area contributed by atoms with Gasteiger partial charge in [-0.1, -0.05) is 53.6 Å². The molecule has 0 spiro atoms. The molecule has 13 heteroatoms. The molecule has 0 atom stereocenters. The van der Waals surface area contributed by atoms with E-state index in [4.69, 9.17) is 43.1 Å². The van der Waals surface area contributed by atoms with Crippen LogP contribution in [0.15, 0.2) is 34.7 Å². The lowest BCUT2D eigenvalue weighted by molar-refractivity contribution is -0.121. The molecule has 3 N–H and O–H groups in total. The van der Waals surface area contributed by atoms with Gasteiger partial charge in [-0.2, -0.15) is 0 Å². The minimum Gasteiger partial charge on any atom is -0.402 e. The third-order valence-electron chi connectivity index (χ3n) is 8.02. The predicted octanol–water partition coefficient (Wildman–Crippen LogP) is 6.64. The summed E-state index contributed by atoms with van der Waals surface area (Å²) in [6, 6.07) is 7.04. The van der Waals surface area contributed by atoms with Gasteiger partial charge in [-0.05, 0) is 55.5 Å². The highest BCUT2D eigenvalue weighted by Crippen LogP contribution is 2.43. The van der Waals surface area contributed by atoms with Crippen LogP contribution in [-0.2, 0) is 16.0 Å². The second-order valence-electron chi connectivity index (χ2n) is 10.9. The quantitative estimate of drug-likeness (QED) is 0.235. The van der Waals surface area contributed by atoms with E-state index in [1.807, 2.05) is 0 Å². The molecule has 2 aromatic heterocycles. The number of aromatic nitrogens is 4. The van der Waals surface area contributed by atoms with Crippen LogP contribution in [0.1, 0.15) is 62.3 Å². The van der Waals surface area contributed by atoms with E-state index < -0.39 is 11.6 Å². The molecule has 1 saturated carbocycles. The van der Waals surface area contributed by atoms with Gasteiger partial charge in [0.1, 0.15) is 11.6 Å². The first-order valence-electron chi connectivity index (χ1n) is 14.3. The molecule has 1 saturated heterocycles. The molecular weight excluding hydrogens is 601 g/mol. The van der Waals surface area contributed by atoms with Gasteiger partial charge in [-0.15, -0.1) is 5.10 Å². The number of ether oxygens (including phenoxy) is 1. The highest BCUT2D eigenvalue weighted by atomic mass is 35.5. The Hall–Kier alpha value is -3.54. The van der Waals surface area contributed by atoms with Crippen molar-refractivity contribution in [3.63, 3.8) is 0 Å². The van der Waals surface area contributed by atoms with Crippen molar-refractivity contribution in [3.8, 4) is 28.5 Å². The van der Waals surface area contributed by atoms with Crippen molar-refractivity contribution in [3.05, 3.63) is 63.4 Å². The second-order valence-corrected chi connectivity index (χ2v) is 11.7. The zero-order valence-corrected chi connectivity index (χ0v) is 24.7. The summed E-state index contributed by atoms with van der Waals surface area (Å²) in [5.74, 6) is -1.12. The zero-order valence-electron chi connectivity index (χ0n) is 23.2. The molecule has 6 rings (SSSR count). The number of carbonyl (C=O) groups is 1. The molecule has 0 unspecified atom stereocenters. The molecule has 2 aromatic carbocycles. The first-order chi connectivity index (χ1) is 20.8. The van der Waals surface area contributed by atoms with E-state index in [-0.39, 0.29) is 57.6 Å². The van der Waals surface area contributed by atoms with Crippen molar-refractivity contribution in [2.75, 3.05) is 18.9 Å². The van der Waals surface area contributed by atoms with Gasteiger partial charge in [0.25, 0.3) is 5.89 Å². The molecule has 1 aliphatic carbocycles. The highest BCUT2D eigenvalue weighted by Gasteiger charge is 2.33. The Morgan fingerprint density at radius 3 is 2.49 bits per heavy atom. The Morgan fingerprint density at radius 1 is 1.02 bits per heavy atom. The van der Waals surface area contributed by atoms with Gasteiger partial charge < -0.3 is 20.2 Å².